The van der Waals surface area contributed by atoms with E-state index >= 15 is 0 Å². The standard InChI is InChI=1S/C30H33F3N6O4.CH2O2/c1-19-25(27(40)43-5)26(24-11-10-20(18-34)16-21(24)12-14-39(2,3)13-7-15-42-4)38-28(35-36-29(38)41)37(19)23-9-6-8-22(17-23)30(31,32)33;2-1-3/h6,8-11,16-17,26H,7,12-15H2,1-5H3;1H,(H,2,3)/t26-;/m1./s1. The fraction of sp³-hybridized carbons (Fsp3) is 0.387. The number of carbonyl (C=O) groups excluding carboxylic acids is 2. The third-order valence-electron chi connectivity index (χ3n) is 7.64. The zero-order valence-corrected chi connectivity index (χ0v) is 26.1. The van der Waals surface area contributed by atoms with Crippen LogP contribution in [0.3, 0.4) is 0 Å². The number of hydrogen-bond acceptors (Lipinski definition) is 9. The number of carboxylic acid groups (broad SMARTS) is 1. The van der Waals surface area contributed by atoms with Gasteiger partial charge in [0.1, 0.15) is 6.04 Å². The number of nitrogens with zero attached hydrogens (tertiary/aromatic N) is 5. The average molecular weight is 645 g/mol. The molecule has 0 saturated carbocycles. The van der Waals surface area contributed by atoms with Crippen molar-refractivity contribution in [1.82, 2.24) is 14.8 Å². The number of H-pyrrole nitrogens is 1. The van der Waals surface area contributed by atoms with Crippen molar-refractivity contribution in [3.8, 4) is 6.07 Å². The number of aromatic amines is 1. The Bertz CT molecular complexity index is 1690. The van der Waals surface area contributed by atoms with E-state index in [1.165, 1.54) is 28.7 Å². The van der Waals surface area contributed by atoms with Crippen molar-refractivity contribution in [1.29, 1.82) is 5.26 Å². The maximum atomic E-state index is 13.6. The first-order chi connectivity index (χ1) is 21.7. The molecule has 1 aliphatic rings. The molecule has 1 aromatic heterocycles. The first kappa shape index (κ1) is 35.5. The van der Waals surface area contributed by atoms with Crippen LogP contribution >= 0.6 is 0 Å². The first-order valence-electron chi connectivity index (χ1n) is 14.1. The highest BCUT2D eigenvalue weighted by molar-refractivity contribution is 5.93. The molecule has 46 heavy (non-hydrogen) atoms. The van der Waals surface area contributed by atoms with Crippen LogP contribution in [0, 0.1) is 11.3 Å². The largest absolute Gasteiger partial charge is 0.554 e. The van der Waals surface area contributed by atoms with Gasteiger partial charge in [0, 0.05) is 37.8 Å². The molecular weight excluding hydrogens is 609 g/mol. The number of anilines is 2. The Morgan fingerprint density at radius 1 is 1.20 bits per heavy atom. The molecule has 0 bridgehead atoms. The number of fused-ring (bicyclic) bond motifs is 1. The number of halogens is 3. The number of hydrogen-bond donors (Lipinski definition) is 1. The molecule has 15 heteroatoms. The third kappa shape index (κ3) is 7.82. The fourth-order valence-corrected chi connectivity index (χ4v) is 5.41. The maximum Gasteiger partial charge on any atom is 0.416 e. The van der Waals surface area contributed by atoms with Gasteiger partial charge in [-0.25, -0.2) is 19.3 Å². The van der Waals surface area contributed by atoms with Crippen LogP contribution in [0.5, 0.6) is 0 Å². The number of nitriles is 1. The summed E-state index contributed by atoms with van der Waals surface area (Å²) in [6, 6.07) is 10.7. The minimum atomic E-state index is -4.62. The summed E-state index contributed by atoms with van der Waals surface area (Å²) < 4.78 is 53.1. The van der Waals surface area contributed by atoms with Crippen molar-refractivity contribution in [2.24, 2.45) is 0 Å². The summed E-state index contributed by atoms with van der Waals surface area (Å²) in [4.78, 5) is 36.3. The molecule has 246 valence electrons. The molecule has 1 atom stereocenters. The van der Waals surface area contributed by atoms with E-state index in [1.807, 2.05) is 0 Å². The van der Waals surface area contributed by atoms with Crippen LogP contribution in [0.25, 0.3) is 0 Å². The number of rotatable bonds is 10. The minimum Gasteiger partial charge on any atom is -0.554 e. The van der Waals surface area contributed by atoms with Crippen molar-refractivity contribution < 1.29 is 41.8 Å². The summed E-state index contributed by atoms with van der Waals surface area (Å²) in [5.74, 6) is -0.755. The smallest absolute Gasteiger partial charge is 0.416 e. The van der Waals surface area contributed by atoms with Crippen LogP contribution in [0.2, 0.25) is 0 Å². The number of nitrogens with one attached hydrogen (secondary N) is 1. The number of allylic oxidation sites excluding steroid dienone is 1. The second kappa shape index (κ2) is 14.9. The van der Waals surface area contributed by atoms with Crippen LogP contribution < -0.4 is 15.7 Å². The highest BCUT2D eigenvalue weighted by Gasteiger charge is 2.41. The summed E-state index contributed by atoms with van der Waals surface area (Å²) >= 11 is 0. The van der Waals surface area contributed by atoms with E-state index in [4.69, 9.17) is 19.4 Å². The predicted octanol–water partition coefficient (Wildman–Crippen LogP) is 2.67. The average Bonchev–Trinajstić information content (AvgIpc) is 3.39. The fourth-order valence-electron chi connectivity index (χ4n) is 5.41. The second-order valence-electron chi connectivity index (χ2n) is 11.1. The lowest BCUT2D eigenvalue weighted by atomic mass is 9.89. The molecule has 0 radical (unpaired) electrons. The third-order valence-corrected chi connectivity index (χ3v) is 7.64. The number of benzene rings is 2. The number of esters is 1. The van der Waals surface area contributed by atoms with E-state index in [-0.39, 0.29) is 22.9 Å². The summed E-state index contributed by atoms with van der Waals surface area (Å²) in [6.07, 6.45) is -3.26. The van der Waals surface area contributed by atoms with Gasteiger partial charge in [-0.1, -0.05) is 12.1 Å². The van der Waals surface area contributed by atoms with Gasteiger partial charge in [0.05, 0.1) is 63.7 Å². The molecule has 0 fully saturated rings. The molecule has 0 saturated heterocycles. The zero-order chi connectivity index (χ0) is 34.2. The van der Waals surface area contributed by atoms with Crippen molar-refractivity contribution in [2.75, 3.05) is 52.9 Å². The first-order valence-corrected chi connectivity index (χ1v) is 14.1. The van der Waals surface area contributed by atoms with E-state index in [9.17, 15) is 28.0 Å². The number of alkyl halides is 3. The predicted molar refractivity (Wildman–Crippen MR) is 159 cm³/mol. The number of aromatic nitrogens is 3. The van der Waals surface area contributed by atoms with E-state index in [0.29, 0.717) is 35.2 Å². The number of ether oxygens (including phenoxy) is 2. The number of methoxy groups -OCH3 is 2. The van der Waals surface area contributed by atoms with Crippen LogP contribution in [-0.4, -0.2) is 79.7 Å². The normalized spacial score (nSPS) is 14.6. The maximum absolute atomic E-state index is 13.6. The number of quaternary nitrogens is 1. The topological polar surface area (TPSA) is 153 Å². The monoisotopic (exact) mass is 644 g/mol. The molecule has 2 aromatic carbocycles. The Kier molecular flexibility index (Phi) is 11.5. The lowest BCUT2D eigenvalue weighted by Crippen LogP contribution is -2.42. The molecule has 2 heterocycles. The van der Waals surface area contributed by atoms with Crippen molar-refractivity contribution >= 4 is 24.1 Å². The Hall–Kier alpha value is -4.94. The van der Waals surface area contributed by atoms with E-state index < -0.39 is 35.9 Å². The SMILES string of the molecule is COCCC[N+](C)(C)CCc1cc(C#N)ccc1[C@@H]1C(C(=O)OC)=C(C)N(c2cccc(C(F)(F)F)c2)c2n[nH]c(=O)n21.O=C[O-]. The Morgan fingerprint density at radius 2 is 1.89 bits per heavy atom. The van der Waals surface area contributed by atoms with Gasteiger partial charge in [0.15, 0.2) is 0 Å². The number of carbonyl (C=O) groups is 2. The molecule has 3 aromatic rings. The summed E-state index contributed by atoms with van der Waals surface area (Å²) in [6.45, 7) is 3.22. The Morgan fingerprint density at radius 3 is 2.50 bits per heavy atom. The van der Waals surface area contributed by atoms with Gasteiger partial charge >= 0.3 is 17.8 Å². The Labute approximate surface area is 263 Å². The lowest BCUT2D eigenvalue weighted by Gasteiger charge is -2.36. The molecule has 4 rings (SSSR count). The molecule has 0 unspecified atom stereocenters. The molecule has 0 spiro atoms. The zero-order valence-electron chi connectivity index (χ0n) is 26.1. The van der Waals surface area contributed by atoms with Crippen molar-refractivity contribution in [2.45, 2.75) is 32.0 Å². The van der Waals surface area contributed by atoms with Gasteiger partial charge in [-0.15, -0.1) is 5.10 Å². The van der Waals surface area contributed by atoms with Gasteiger partial charge in [-0.05, 0) is 48.4 Å². The molecule has 0 amide bonds. The highest BCUT2D eigenvalue weighted by Crippen LogP contribution is 2.43. The lowest BCUT2D eigenvalue weighted by molar-refractivity contribution is -0.890. The minimum absolute atomic E-state index is 0.00506. The summed E-state index contributed by atoms with van der Waals surface area (Å²) in [5.41, 5.74) is 0.505. The van der Waals surface area contributed by atoms with Gasteiger partial charge in [-0.3, -0.25) is 4.90 Å². The molecule has 1 aliphatic heterocycles. The molecule has 0 aliphatic carbocycles. The van der Waals surface area contributed by atoms with Crippen LogP contribution in [-0.2, 0) is 31.7 Å². The van der Waals surface area contributed by atoms with E-state index in [1.54, 1.807) is 32.2 Å². The van der Waals surface area contributed by atoms with E-state index in [2.05, 4.69) is 30.4 Å². The van der Waals surface area contributed by atoms with Crippen LogP contribution in [0.1, 0.15) is 41.6 Å². The summed E-state index contributed by atoms with van der Waals surface area (Å²) in [5, 5.41) is 24.5. The van der Waals surface area contributed by atoms with Crippen molar-refractivity contribution in [3.63, 3.8) is 0 Å². The van der Waals surface area contributed by atoms with Gasteiger partial charge in [-0.2, -0.15) is 18.4 Å². The molecule has 12 nitrogen and oxygen atoms in total. The summed E-state index contributed by atoms with van der Waals surface area (Å²) in [7, 11) is 7.01. The Balaban J connectivity index is 0.00000185. The number of likely N-dealkylation sites (N-methyl/N-ethyl adjacent to an activating group) is 1. The van der Waals surface area contributed by atoms with Gasteiger partial charge in [0.25, 0.3) is 0 Å². The molecular formula is C31H35F3N6O6. The van der Waals surface area contributed by atoms with Crippen LogP contribution in [0.4, 0.5) is 24.8 Å². The van der Waals surface area contributed by atoms with Crippen LogP contribution in [0.15, 0.2) is 58.5 Å². The van der Waals surface area contributed by atoms with E-state index in [0.717, 1.165) is 30.7 Å². The van der Waals surface area contributed by atoms with Crippen molar-refractivity contribution in [3.05, 3.63) is 86.5 Å². The van der Waals surface area contributed by atoms with Gasteiger partial charge in [0.2, 0.25) is 5.95 Å². The second-order valence-corrected chi connectivity index (χ2v) is 11.1. The van der Waals surface area contributed by atoms with Gasteiger partial charge < -0.3 is 23.9 Å². The quantitative estimate of drug-likeness (QED) is 0.152. The molecule has 1 N–H and O–H groups in total. The highest BCUT2D eigenvalue weighted by atomic mass is 19.4.